The van der Waals surface area contributed by atoms with Gasteiger partial charge in [-0.15, -0.1) is 0 Å². The van der Waals surface area contributed by atoms with Crippen molar-refractivity contribution in [3.8, 4) is 17.0 Å². The first-order chi connectivity index (χ1) is 18.3. The number of pyridine rings is 1. The third-order valence-corrected chi connectivity index (χ3v) is 7.30. The predicted octanol–water partition coefficient (Wildman–Crippen LogP) is 5.50. The molecule has 0 aliphatic heterocycles. The number of nitrogens with zero attached hydrogens (tertiary/aromatic N) is 2. The fourth-order valence-corrected chi connectivity index (χ4v) is 5.01. The number of carbonyl (C=O) groups excluding carboxylic acids is 1. The van der Waals surface area contributed by atoms with E-state index in [9.17, 15) is 4.79 Å². The van der Waals surface area contributed by atoms with Crippen LogP contribution in [0, 0.1) is 0 Å². The van der Waals surface area contributed by atoms with Gasteiger partial charge in [0.1, 0.15) is 19.2 Å². The van der Waals surface area contributed by atoms with Gasteiger partial charge in [0.05, 0.1) is 14.1 Å². The Kier molecular flexibility index (Phi) is 8.77. The van der Waals surface area contributed by atoms with Gasteiger partial charge in [-0.25, -0.2) is 4.98 Å². The number of benzene rings is 3. The van der Waals surface area contributed by atoms with Crippen LogP contribution in [-0.2, 0) is 6.42 Å². The first kappa shape index (κ1) is 27.3. The van der Waals surface area contributed by atoms with Crippen LogP contribution in [0.25, 0.3) is 21.9 Å². The number of hydrogen-bond acceptors (Lipinski definition) is 4. The number of amides is 1. The highest BCUT2D eigenvalue weighted by molar-refractivity contribution is 5.94. The van der Waals surface area contributed by atoms with Crippen molar-refractivity contribution >= 4 is 16.7 Å². The number of aryl methyl sites for hydroxylation is 1. The number of nitrogens with two attached hydrogens (primary N) is 2. The molecule has 0 saturated heterocycles. The maximum atomic E-state index is 12.0. The van der Waals surface area contributed by atoms with Crippen molar-refractivity contribution in [2.45, 2.75) is 32.2 Å². The van der Waals surface area contributed by atoms with Crippen LogP contribution in [0.5, 0.6) is 5.88 Å². The van der Waals surface area contributed by atoms with Gasteiger partial charge in [-0.1, -0.05) is 67.9 Å². The second kappa shape index (κ2) is 12.2. The van der Waals surface area contributed by atoms with Crippen molar-refractivity contribution in [2.75, 3.05) is 33.8 Å². The maximum Gasteiger partial charge on any atom is 0.248 e. The highest BCUT2D eigenvalue weighted by Crippen LogP contribution is 2.34. The Morgan fingerprint density at radius 3 is 2.45 bits per heavy atom. The monoisotopic (exact) mass is 511 g/mol. The van der Waals surface area contributed by atoms with Gasteiger partial charge < -0.3 is 20.7 Å². The summed E-state index contributed by atoms with van der Waals surface area (Å²) in [6.07, 6.45) is 3.17. The first-order valence-electron chi connectivity index (χ1n) is 13.4. The van der Waals surface area contributed by atoms with Crippen LogP contribution in [0.2, 0.25) is 0 Å². The van der Waals surface area contributed by atoms with E-state index in [1.165, 1.54) is 0 Å². The van der Waals surface area contributed by atoms with Gasteiger partial charge in [0.2, 0.25) is 11.8 Å². The summed E-state index contributed by atoms with van der Waals surface area (Å²) in [5.74, 6) is 0.246. The molecule has 4 N–H and O–H groups in total. The molecule has 1 heterocycles. The Morgan fingerprint density at radius 2 is 1.74 bits per heavy atom. The highest BCUT2D eigenvalue weighted by Gasteiger charge is 2.31. The molecule has 0 bridgehead atoms. The zero-order valence-corrected chi connectivity index (χ0v) is 22.7. The number of aromatic nitrogens is 1. The molecule has 38 heavy (non-hydrogen) atoms. The minimum atomic E-state index is -0.443. The van der Waals surface area contributed by atoms with Crippen LogP contribution in [0.3, 0.4) is 0 Å². The minimum Gasteiger partial charge on any atom is -0.471 e. The normalized spacial score (nSPS) is 12.4. The van der Waals surface area contributed by atoms with E-state index in [4.69, 9.17) is 21.2 Å². The number of unbranched alkanes of at least 4 members (excludes halogenated alkanes) is 1. The van der Waals surface area contributed by atoms with Crippen LogP contribution >= 0.6 is 0 Å². The third-order valence-electron chi connectivity index (χ3n) is 7.30. The molecule has 1 amide bonds. The smallest absolute Gasteiger partial charge is 0.248 e. The number of primary amides is 1. The highest BCUT2D eigenvalue weighted by atomic mass is 16.5. The lowest BCUT2D eigenvalue weighted by Crippen LogP contribution is -2.48. The number of rotatable bonds is 12. The Labute approximate surface area is 225 Å². The molecule has 0 aliphatic carbocycles. The third kappa shape index (κ3) is 6.21. The molecule has 1 atom stereocenters. The Hall–Kier alpha value is -3.74. The number of fused-ring (bicyclic) bond motifs is 1. The predicted molar refractivity (Wildman–Crippen MR) is 155 cm³/mol. The molecule has 0 radical (unpaired) electrons. The molecule has 6 nitrogen and oxygen atoms in total. The van der Waals surface area contributed by atoms with Gasteiger partial charge in [0.25, 0.3) is 0 Å². The Balaban J connectivity index is 1.59. The molecule has 0 saturated carbocycles. The van der Waals surface area contributed by atoms with Gasteiger partial charge in [-0.3, -0.25) is 4.79 Å². The zero-order chi connectivity index (χ0) is 27.1. The summed E-state index contributed by atoms with van der Waals surface area (Å²) >= 11 is 0. The summed E-state index contributed by atoms with van der Waals surface area (Å²) in [4.78, 5) is 16.8. The number of ether oxygens (including phenoxy) is 1. The standard InChI is InChI=1S/C32H38N4O2/c1-4-5-14-26-20-24-13-9-10-15-27(24)32(35-26)38-19-18-36(2,3)30(22-33)28-17-16-25(31(34)37)21-29(28)23-11-7-6-8-12-23/h6-13,15-17,20-21,30H,4-5,14,18-19,22,33H2,1-3H3,(H-,34,37)/p+1/t30-/m0/s1. The van der Waals surface area contributed by atoms with Crippen LogP contribution in [0.1, 0.15) is 47.4 Å². The maximum absolute atomic E-state index is 12.0. The summed E-state index contributed by atoms with van der Waals surface area (Å²) in [6.45, 7) is 3.86. The van der Waals surface area contributed by atoms with Gasteiger partial charge >= 0.3 is 0 Å². The van der Waals surface area contributed by atoms with Gasteiger partial charge in [0.15, 0.2) is 0 Å². The quantitative estimate of drug-likeness (QED) is 0.246. The van der Waals surface area contributed by atoms with Crippen molar-refractivity contribution in [2.24, 2.45) is 11.5 Å². The molecule has 3 aromatic carbocycles. The first-order valence-corrected chi connectivity index (χ1v) is 13.4. The average Bonchev–Trinajstić information content (AvgIpc) is 2.92. The van der Waals surface area contributed by atoms with E-state index in [0.29, 0.717) is 29.1 Å². The molecule has 0 fully saturated rings. The summed E-state index contributed by atoms with van der Waals surface area (Å²) in [7, 11) is 4.34. The average molecular weight is 512 g/mol. The van der Waals surface area contributed by atoms with Crippen LogP contribution < -0.4 is 16.2 Å². The molecule has 198 valence electrons. The second-order valence-corrected chi connectivity index (χ2v) is 10.4. The van der Waals surface area contributed by atoms with Gasteiger partial charge in [0, 0.05) is 28.8 Å². The van der Waals surface area contributed by atoms with E-state index in [0.717, 1.165) is 59.0 Å². The van der Waals surface area contributed by atoms with Crippen molar-refractivity contribution in [3.63, 3.8) is 0 Å². The van der Waals surface area contributed by atoms with E-state index in [2.05, 4.69) is 45.3 Å². The van der Waals surface area contributed by atoms with Crippen LogP contribution in [0.4, 0.5) is 0 Å². The molecule has 0 aliphatic rings. The van der Waals surface area contributed by atoms with Gasteiger partial charge in [-0.2, -0.15) is 0 Å². The van der Waals surface area contributed by atoms with E-state index in [1.807, 2.05) is 48.5 Å². The lowest BCUT2D eigenvalue weighted by Gasteiger charge is -2.38. The van der Waals surface area contributed by atoms with Crippen molar-refractivity contribution in [1.29, 1.82) is 0 Å². The molecule has 1 aromatic heterocycles. The Bertz CT molecular complexity index is 1390. The van der Waals surface area contributed by atoms with Gasteiger partial charge in [-0.05, 0) is 53.6 Å². The number of likely N-dealkylation sites (N-methyl/N-ethyl adjacent to an activating group) is 1. The number of hydrogen-bond donors (Lipinski definition) is 2. The fourth-order valence-electron chi connectivity index (χ4n) is 5.01. The summed E-state index contributed by atoms with van der Waals surface area (Å²) in [5, 5.41) is 2.18. The van der Waals surface area contributed by atoms with Crippen molar-refractivity contribution < 1.29 is 14.0 Å². The molecule has 0 unspecified atom stereocenters. The van der Waals surface area contributed by atoms with Crippen molar-refractivity contribution in [1.82, 2.24) is 4.98 Å². The largest absolute Gasteiger partial charge is 0.471 e. The summed E-state index contributed by atoms with van der Waals surface area (Å²) in [5.41, 5.74) is 16.6. The number of quaternary nitrogens is 1. The Morgan fingerprint density at radius 1 is 1.00 bits per heavy atom. The molecular formula is C32H39N4O2+. The van der Waals surface area contributed by atoms with Crippen LogP contribution in [-0.4, -0.2) is 49.2 Å². The minimum absolute atomic E-state index is 0.0173. The molecule has 4 aromatic rings. The molecular weight excluding hydrogens is 472 g/mol. The lowest BCUT2D eigenvalue weighted by molar-refractivity contribution is -0.919. The van der Waals surface area contributed by atoms with E-state index in [-0.39, 0.29) is 6.04 Å². The lowest BCUT2D eigenvalue weighted by atomic mass is 9.91. The second-order valence-electron chi connectivity index (χ2n) is 10.4. The summed E-state index contributed by atoms with van der Waals surface area (Å²) < 4.78 is 6.95. The van der Waals surface area contributed by atoms with E-state index in [1.54, 1.807) is 6.07 Å². The van der Waals surface area contributed by atoms with Crippen molar-refractivity contribution in [3.05, 3.63) is 95.7 Å². The SMILES string of the molecule is CCCCc1cc2ccccc2c(OCC[N+](C)(C)[C@@H](CN)c2ccc(C(N)=O)cc2-c2ccccc2)n1. The summed E-state index contributed by atoms with van der Waals surface area (Å²) in [6, 6.07) is 26.1. The zero-order valence-electron chi connectivity index (χ0n) is 22.7. The topological polar surface area (TPSA) is 91.2 Å². The molecule has 6 heteroatoms. The van der Waals surface area contributed by atoms with Crippen LogP contribution in [0.15, 0.2) is 78.9 Å². The van der Waals surface area contributed by atoms with E-state index >= 15 is 0 Å². The van der Waals surface area contributed by atoms with E-state index < -0.39 is 5.91 Å². The fraction of sp³-hybridized carbons (Fsp3) is 0.312. The number of carbonyl (C=O) groups is 1. The molecule has 4 rings (SSSR count). The molecule has 0 spiro atoms.